The monoisotopic (exact) mass is 339 g/mol. The third-order valence-corrected chi connectivity index (χ3v) is 4.11. The molecule has 0 saturated carbocycles. The number of ketones is 1. The van der Waals surface area contributed by atoms with E-state index >= 15 is 0 Å². The molecule has 1 unspecified atom stereocenters. The number of Topliss-reactive ketones (excluding diaryl/α,β-unsaturated/α-hetero) is 1. The second-order valence-electron chi connectivity index (χ2n) is 6.03. The number of benzene rings is 2. The van der Waals surface area contributed by atoms with Crippen molar-refractivity contribution in [1.29, 1.82) is 0 Å². The van der Waals surface area contributed by atoms with Gasteiger partial charge >= 0.3 is 0 Å². The number of nitrogens with one attached hydrogen (secondary N) is 1. The third-order valence-electron chi connectivity index (χ3n) is 4.11. The highest BCUT2D eigenvalue weighted by molar-refractivity contribution is 6.06. The molecule has 1 N–H and O–H groups in total. The van der Waals surface area contributed by atoms with Gasteiger partial charge in [-0.3, -0.25) is 9.59 Å². The molecule has 1 amide bonds. The van der Waals surface area contributed by atoms with Crippen molar-refractivity contribution in [2.45, 2.75) is 25.9 Å². The third kappa shape index (κ3) is 4.45. The number of anilines is 1. The second kappa shape index (κ2) is 7.94. The molecule has 25 heavy (non-hydrogen) atoms. The van der Waals surface area contributed by atoms with E-state index in [1.54, 1.807) is 42.5 Å². The maximum Gasteiger partial charge on any atom is 0.259 e. The molecule has 1 saturated heterocycles. The normalized spacial score (nSPS) is 16.4. The number of carbonyl (C=O) groups is 2. The molecule has 5 nitrogen and oxygen atoms in total. The van der Waals surface area contributed by atoms with Crippen molar-refractivity contribution in [3.05, 3.63) is 59.7 Å². The van der Waals surface area contributed by atoms with Crippen molar-refractivity contribution in [2.75, 3.05) is 18.5 Å². The van der Waals surface area contributed by atoms with Crippen LogP contribution in [0.3, 0.4) is 0 Å². The zero-order valence-corrected chi connectivity index (χ0v) is 14.2. The number of carbonyl (C=O) groups excluding carboxylic acids is 2. The first-order chi connectivity index (χ1) is 12.1. The lowest BCUT2D eigenvalue weighted by molar-refractivity contribution is 0.0673. The number of ether oxygens (including phenoxy) is 2. The van der Waals surface area contributed by atoms with Gasteiger partial charge in [-0.2, -0.15) is 0 Å². The first kappa shape index (κ1) is 17.2. The molecule has 1 heterocycles. The van der Waals surface area contributed by atoms with Gasteiger partial charge in [-0.25, -0.2) is 0 Å². The van der Waals surface area contributed by atoms with Crippen LogP contribution in [0.25, 0.3) is 0 Å². The van der Waals surface area contributed by atoms with Crippen LogP contribution < -0.4 is 10.1 Å². The average Bonchev–Trinajstić information content (AvgIpc) is 3.14. The summed E-state index contributed by atoms with van der Waals surface area (Å²) >= 11 is 0. The second-order valence-corrected chi connectivity index (χ2v) is 6.03. The highest BCUT2D eigenvalue weighted by Gasteiger charge is 2.18. The maximum absolute atomic E-state index is 12.6. The summed E-state index contributed by atoms with van der Waals surface area (Å²) in [5.74, 6) is 0.207. The Hall–Kier alpha value is -2.66. The van der Waals surface area contributed by atoms with E-state index in [1.165, 1.54) is 6.92 Å². The van der Waals surface area contributed by atoms with E-state index in [2.05, 4.69) is 5.32 Å². The zero-order chi connectivity index (χ0) is 17.6. The number of hydrogen-bond donors (Lipinski definition) is 1. The van der Waals surface area contributed by atoms with Crippen LogP contribution in [0.5, 0.6) is 5.75 Å². The fourth-order valence-corrected chi connectivity index (χ4v) is 2.75. The number of amides is 1. The van der Waals surface area contributed by atoms with E-state index in [0.717, 1.165) is 19.4 Å². The van der Waals surface area contributed by atoms with Crippen LogP contribution in [0.4, 0.5) is 5.69 Å². The molecule has 0 radical (unpaired) electrons. The molecule has 130 valence electrons. The Morgan fingerprint density at radius 3 is 2.80 bits per heavy atom. The van der Waals surface area contributed by atoms with Gasteiger partial charge in [0.1, 0.15) is 12.4 Å². The Morgan fingerprint density at radius 2 is 2.04 bits per heavy atom. The van der Waals surface area contributed by atoms with Gasteiger partial charge in [0.25, 0.3) is 5.91 Å². The van der Waals surface area contributed by atoms with Crippen LogP contribution in [0.2, 0.25) is 0 Å². The van der Waals surface area contributed by atoms with Gasteiger partial charge in [-0.1, -0.05) is 24.3 Å². The minimum Gasteiger partial charge on any atom is -0.490 e. The molecule has 0 spiro atoms. The lowest BCUT2D eigenvalue weighted by atomic mass is 10.1. The van der Waals surface area contributed by atoms with Crippen LogP contribution in [-0.2, 0) is 4.74 Å². The van der Waals surface area contributed by atoms with E-state index in [9.17, 15) is 9.59 Å². The lowest BCUT2D eigenvalue weighted by Crippen LogP contribution is -2.19. The Labute approximate surface area is 147 Å². The Kier molecular flexibility index (Phi) is 5.46. The standard InChI is InChI=1S/C20H21NO4/c1-14(22)15-6-4-7-16(12-15)21-20(23)18-9-2-3-10-19(18)25-13-17-8-5-11-24-17/h2-4,6-7,9-10,12,17H,5,8,11,13H2,1H3,(H,21,23). The zero-order valence-electron chi connectivity index (χ0n) is 14.2. The van der Waals surface area contributed by atoms with Crippen LogP contribution in [0, 0.1) is 0 Å². The predicted molar refractivity (Wildman–Crippen MR) is 95.3 cm³/mol. The number of hydrogen-bond acceptors (Lipinski definition) is 4. The summed E-state index contributed by atoms with van der Waals surface area (Å²) in [6, 6.07) is 14.0. The summed E-state index contributed by atoms with van der Waals surface area (Å²) in [6.07, 6.45) is 2.11. The van der Waals surface area contributed by atoms with Crippen LogP contribution >= 0.6 is 0 Å². The van der Waals surface area contributed by atoms with Crippen molar-refractivity contribution in [1.82, 2.24) is 0 Å². The van der Waals surface area contributed by atoms with Crippen LogP contribution in [0.15, 0.2) is 48.5 Å². The van der Waals surface area contributed by atoms with Gasteiger partial charge in [0.2, 0.25) is 0 Å². The smallest absolute Gasteiger partial charge is 0.259 e. The largest absolute Gasteiger partial charge is 0.490 e. The van der Waals surface area contributed by atoms with Crippen LogP contribution in [0.1, 0.15) is 40.5 Å². The molecule has 0 bridgehead atoms. The Balaban J connectivity index is 1.71. The van der Waals surface area contributed by atoms with Crippen molar-refractivity contribution >= 4 is 17.4 Å². The van der Waals surface area contributed by atoms with E-state index in [1.807, 2.05) is 6.07 Å². The van der Waals surface area contributed by atoms with E-state index < -0.39 is 0 Å². The minimum atomic E-state index is -0.274. The van der Waals surface area contributed by atoms with Gasteiger partial charge in [0.05, 0.1) is 11.7 Å². The summed E-state index contributed by atoms with van der Waals surface area (Å²) in [6.45, 7) is 2.70. The molecule has 0 aromatic heterocycles. The summed E-state index contributed by atoms with van der Waals surface area (Å²) in [5, 5.41) is 2.82. The van der Waals surface area contributed by atoms with Crippen molar-refractivity contribution in [3.63, 3.8) is 0 Å². The van der Waals surface area contributed by atoms with E-state index in [0.29, 0.717) is 29.2 Å². The molecular formula is C20H21NO4. The van der Waals surface area contributed by atoms with Gasteiger partial charge in [-0.05, 0) is 44.0 Å². The fraction of sp³-hybridized carbons (Fsp3) is 0.300. The maximum atomic E-state index is 12.6. The van der Waals surface area contributed by atoms with E-state index in [-0.39, 0.29) is 17.8 Å². The molecule has 1 aliphatic rings. The average molecular weight is 339 g/mol. The van der Waals surface area contributed by atoms with Crippen LogP contribution in [-0.4, -0.2) is 31.0 Å². The molecule has 2 aromatic rings. The van der Waals surface area contributed by atoms with Gasteiger partial charge in [0, 0.05) is 17.9 Å². The molecular weight excluding hydrogens is 318 g/mol. The Bertz CT molecular complexity index is 766. The number of para-hydroxylation sites is 1. The summed E-state index contributed by atoms with van der Waals surface area (Å²) < 4.78 is 11.4. The quantitative estimate of drug-likeness (QED) is 0.815. The highest BCUT2D eigenvalue weighted by atomic mass is 16.5. The predicted octanol–water partition coefficient (Wildman–Crippen LogP) is 3.70. The van der Waals surface area contributed by atoms with E-state index in [4.69, 9.17) is 9.47 Å². The molecule has 1 aliphatic heterocycles. The first-order valence-electron chi connectivity index (χ1n) is 8.39. The van der Waals surface area contributed by atoms with Crippen molar-refractivity contribution < 1.29 is 19.1 Å². The van der Waals surface area contributed by atoms with Gasteiger partial charge < -0.3 is 14.8 Å². The number of rotatable bonds is 6. The van der Waals surface area contributed by atoms with Gasteiger partial charge in [-0.15, -0.1) is 0 Å². The summed E-state index contributed by atoms with van der Waals surface area (Å²) in [7, 11) is 0. The SMILES string of the molecule is CC(=O)c1cccc(NC(=O)c2ccccc2OCC2CCCO2)c1. The van der Waals surface area contributed by atoms with Crippen molar-refractivity contribution in [3.8, 4) is 5.75 Å². The first-order valence-corrected chi connectivity index (χ1v) is 8.39. The van der Waals surface area contributed by atoms with Gasteiger partial charge in [0.15, 0.2) is 5.78 Å². The lowest BCUT2D eigenvalue weighted by Gasteiger charge is -2.14. The molecule has 5 heteroatoms. The topological polar surface area (TPSA) is 64.6 Å². The molecule has 1 fully saturated rings. The Morgan fingerprint density at radius 1 is 1.20 bits per heavy atom. The summed E-state index contributed by atoms with van der Waals surface area (Å²) in [5.41, 5.74) is 1.58. The summed E-state index contributed by atoms with van der Waals surface area (Å²) in [4.78, 5) is 24.1. The fourth-order valence-electron chi connectivity index (χ4n) is 2.75. The molecule has 3 rings (SSSR count). The highest BCUT2D eigenvalue weighted by Crippen LogP contribution is 2.22. The molecule has 0 aliphatic carbocycles. The minimum absolute atomic E-state index is 0.0450. The molecule has 2 aromatic carbocycles. The molecule has 1 atom stereocenters. The van der Waals surface area contributed by atoms with Crippen molar-refractivity contribution in [2.24, 2.45) is 0 Å².